The third-order valence-corrected chi connectivity index (χ3v) is 3.85. The van der Waals surface area contributed by atoms with Gasteiger partial charge in [0.25, 0.3) is 10.0 Å². The number of anilines is 1. The molecule has 0 unspecified atom stereocenters. The molecule has 6 heteroatoms. The first-order chi connectivity index (χ1) is 7.99. The molecule has 0 fully saturated rings. The van der Waals surface area contributed by atoms with Gasteiger partial charge in [-0.2, -0.15) is 0 Å². The lowest BCUT2D eigenvalue weighted by atomic mass is 10.1. The smallest absolute Gasteiger partial charge is 0.264 e. The summed E-state index contributed by atoms with van der Waals surface area (Å²) in [5, 5.41) is 0. The Hall–Kier alpha value is -1.82. The van der Waals surface area contributed by atoms with Gasteiger partial charge in [-0.25, -0.2) is 18.1 Å². The Morgan fingerprint density at radius 2 is 2.00 bits per heavy atom. The standard InChI is InChI=1S/C11H13N3O2S/c1-8-3-4-10(7-9(8)2)17(15,16)14-11-12-5-6-13-11/h3-7H,1-2H3,(H2,12,13,14). The van der Waals surface area contributed by atoms with Crippen LogP contribution in [0.3, 0.4) is 0 Å². The van der Waals surface area contributed by atoms with E-state index in [4.69, 9.17) is 0 Å². The number of sulfonamides is 1. The van der Waals surface area contributed by atoms with Gasteiger partial charge in [0.15, 0.2) is 0 Å². The van der Waals surface area contributed by atoms with E-state index in [2.05, 4.69) is 14.7 Å². The highest BCUT2D eigenvalue weighted by Gasteiger charge is 2.15. The van der Waals surface area contributed by atoms with Crippen LogP contribution in [0.15, 0.2) is 35.5 Å². The molecule has 0 aliphatic heterocycles. The van der Waals surface area contributed by atoms with Gasteiger partial charge in [-0.15, -0.1) is 0 Å². The van der Waals surface area contributed by atoms with Gasteiger partial charge in [0, 0.05) is 12.4 Å². The van der Waals surface area contributed by atoms with Gasteiger partial charge < -0.3 is 4.98 Å². The summed E-state index contributed by atoms with van der Waals surface area (Å²) >= 11 is 0. The summed E-state index contributed by atoms with van der Waals surface area (Å²) in [6.45, 7) is 3.81. The molecule has 0 saturated heterocycles. The number of hydrogen-bond acceptors (Lipinski definition) is 3. The van der Waals surface area contributed by atoms with E-state index >= 15 is 0 Å². The topological polar surface area (TPSA) is 74.8 Å². The normalized spacial score (nSPS) is 11.4. The van der Waals surface area contributed by atoms with Gasteiger partial charge in [-0.1, -0.05) is 6.07 Å². The Bertz CT molecular complexity index is 618. The highest BCUT2D eigenvalue weighted by Crippen LogP contribution is 2.16. The summed E-state index contributed by atoms with van der Waals surface area (Å²) < 4.78 is 26.4. The molecule has 1 heterocycles. The summed E-state index contributed by atoms with van der Waals surface area (Å²) in [6, 6.07) is 5.00. The van der Waals surface area contributed by atoms with Crippen molar-refractivity contribution in [3.8, 4) is 0 Å². The van der Waals surface area contributed by atoms with E-state index in [1.807, 2.05) is 13.8 Å². The van der Waals surface area contributed by atoms with Crippen molar-refractivity contribution in [3.63, 3.8) is 0 Å². The van der Waals surface area contributed by atoms with Gasteiger partial charge in [0.05, 0.1) is 4.90 Å². The van der Waals surface area contributed by atoms with Crippen molar-refractivity contribution in [2.75, 3.05) is 4.72 Å². The van der Waals surface area contributed by atoms with E-state index < -0.39 is 10.0 Å². The fourth-order valence-electron chi connectivity index (χ4n) is 1.39. The number of aromatic nitrogens is 2. The molecule has 1 aromatic carbocycles. The van der Waals surface area contributed by atoms with Crippen LogP contribution in [0.4, 0.5) is 5.95 Å². The SMILES string of the molecule is Cc1ccc(S(=O)(=O)Nc2ncc[nH]2)cc1C. The van der Waals surface area contributed by atoms with Crippen LogP contribution in [0.25, 0.3) is 0 Å². The number of aryl methyl sites for hydroxylation is 2. The number of rotatable bonds is 3. The number of aromatic amines is 1. The van der Waals surface area contributed by atoms with E-state index in [1.165, 1.54) is 6.20 Å². The number of nitrogens with zero attached hydrogens (tertiary/aromatic N) is 1. The van der Waals surface area contributed by atoms with Crippen LogP contribution in [-0.2, 0) is 10.0 Å². The molecule has 0 aliphatic carbocycles. The largest absolute Gasteiger partial charge is 0.330 e. The molecule has 90 valence electrons. The first kappa shape index (κ1) is 11.7. The van der Waals surface area contributed by atoms with Crippen molar-refractivity contribution < 1.29 is 8.42 Å². The first-order valence-electron chi connectivity index (χ1n) is 5.08. The second-order valence-electron chi connectivity index (χ2n) is 3.79. The fraction of sp³-hybridized carbons (Fsp3) is 0.182. The van der Waals surface area contributed by atoms with Crippen molar-refractivity contribution in [3.05, 3.63) is 41.7 Å². The lowest BCUT2D eigenvalue weighted by molar-refractivity contribution is 0.601. The second-order valence-corrected chi connectivity index (χ2v) is 5.47. The van der Waals surface area contributed by atoms with Crippen molar-refractivity contribution >= 4 is 16.0 Å². The molecule has 0 bridgehead atoms. The lowest BCUT2D eigenvalue weighted by Crippen LogP contribution is -2.14. The van der Waals surface area contributed by atoms with Crippen LogP contribution in [0.1, 0.15) is 11.1 Å². The Balaban J connectivity index is 2.35. The van der Waals surface area contributed by atoms with Crippen molar-refractivity contribution in [2.24, 2.45) is 0 Å². The first-order valence-corrected chi connectivity index (χ1v) is 6.57. The molecule has 5 nitrogen and oxygen atoms in total. The molecular weight excluding hydrogens is 238 g/mol. The van der Waals surface area contributed by atoms with Crippen molar-refractivity contribution in [1.82, 2.24) is 9.97 Å². The molecule has 0 saturated carbocycles. The van der Waals surface area contributed by atoms with Gasteiger partial charge >= 0.3 is 0 Å². The zero-order chi connectivity index (χ0) is 12.5. The number of imidazole rings is 1. The number of H-pyrrole nitrogens is 1. The minimum atomic E-state index is -3.57. The number of nitrogens with one attached hydrogen (secondary N) is 2. The minimum absolute atomic E-state index is 0.211. The molecule has 0 aliphatic rings. The predicted octanol–water partition coefficient (Wildman–Crippen LogP) is 1.83. The monoisotopic (exact) mass is 251 g/mol. The maximum absolute atomic E-state index is 12.0. The van der Waals surface area contributed by atoms with E-state index in [-0.39, 0.29) is 10.8 Å². The maximum Gasteiger partial charge on any atom is 0.264 e. The highest BCUT2D eigenvalue weighted by molar-refractivity contribution is 7.92. The average molecular weight is 251 g/mol. The third kappa shape index (κ3) is 2.47. The zero-order valence-corrected chi connectivity index (χ0v) is 10.4. The van der Waals surface area contributed by atoms with Crippen LogP contribution >= 0.6 is 0 Å². The summed E-state index contributed by atoms with van der Waals surface area (Å²) in [5.74, 6) is 0.211. The van der Waals surface area contributed by atoms with Crippen molar-refractivity contribution in [1.29, 1.82) is 0 Å². The summed E-state index contributed by atoms with van der Waals surface area (Å²) in [7, 11) is -3.57. The van der Waals surface area contributed by atoms with E-state index in [1.54, 1.807) is 24.4 Å². The third-order valence-electron chi connectivity index (χ3n) is 2.52. The van der Waals surface area contributed by atoms with E-state index in [0.717, 1.165) is 11.1 Å². The molecular formula is C11H13N3O2S. The van der Waals surface area contributed by atoms with Gasteiger partial charge in [-0.3, -0.25) is 0 Å². The summed E-state index contributed by atoms with van der Waals surface area (Å²) in [6.07, 6.45) is 3.04. The zero-order valence-electron chi connectivity index (χ0n) is 9.56. The number of benzene rings is 1. The Labute approximate surface area is 100.0 Å². The van der Waals surface area contributed by atoms with Crippen LogP contribution < -0.4 is 4.72 Å². The molecule has 0 spiro atoms. The second kappa shape index (κ2) is 4.21. The van der Waals surface area contributed by atoms with E-state index in [0.29, 0.717) is 0 Å². The molecule has 17 heavy (non-hydrogen) atoms. The van der Waals surface area contributed by atoms with Gasteiger partial charge in [0.1, 0.15) is 0 Å². The number of hydrogen-bond donors (Lipinski definition) is 2. The maximum atomic E-state index is 12.0. The van der Waals surface area contributed by atoms with Gasteiger partial charge in [-0.05, 0) is 37.1 Å². The van der Waals surface area contributed by atoms with Crippen LogP contribution in [0.2, 0.25) is 0 Å². The lowest BCUT2D eigenvalue weighted by Gasteiger charge is -2.07. The van der Waals surface area contributed by atoms with Crippen LogP contribution in [0.5, 0.6) is 0 Å². The van der Waals surface area contributed by atoms with Crippen molar-refractivity contribution in [2.45, 2.75) is 18.7 Å². The van der Waals surface area contributed by atoms with Crippen LogP contribution in [0, 0.1) is 13.8 Å². The molecule has 2 N–H and O–H groups in total. The predicted molar refractivity (Wildman–Crippen MR) is 65.3 cm³/mol. The molecule has 2 aromatic rings. The molecule has 2 rings (SSSR count). The van der Waals surface area contributed by atoms with E-state index in [9.17, 15) is 8.42 Å². The quantitative estimate of drug-likeness (QED) is 0.873. The minimum Gasteiger partial charge on any atom is -0.330 e. The Morgan fingerprint density at radius 3 is 2.59 bits per heavy atom. The average Bonchev–Trinajstić information content (AvgIpc) is 2.73. The fourth-order valence-corrected chi connectivity index (χ4v) is 2.45. The highest BCUT2D eigenvalue weighted by atomic mass is 32.2. The van der Waals surface area contributed by atoms with Gasteiger partial charge in [0.2, 0.25) is 5.95 Å². The Kier molecular flexibility index (Phi) is 2.89. The Morgan fingerprint density at radius 1 is 1.24 bits per heavy atom. The molecule has 0 amide bonds. The molecule has 0 radical (unpaired) electrons. The van der Waals surface area contributed by atoms with Crippen LogP contribution in [-0.4, -0.2) is 18.4 Å². The summed E-state index contributed by atoms with van der Waals surface area (Å²) in [5.41, 5.74) is 1.99. The summed E-state index contributed by atoms with van der Waals surface area (Å²) in [4.78, 5) is 6.74. The molecule has 1 aromatic heterocycles. The molecule has 0 atom stereocenters.